The summed E-state index contributed by atoms with van der Waals surface area (Å²) in [4.78, 5) is 39.4. The molecule has 2 heterocycles. The summed E-state index contributed by atoms with van der Waals surface area (Å²) in [6, 6.07) is -1.15. The van der Waals surface area contributed by atoms with E-state index in [4.69, 9.17) is 0 Å². The molecular formula is C20H19F5N2O4S2. The average molecular weight is 511 g/mol. The summed E-state index contributed by atoms with van der Waals surface area (Å²) in [7, 11) is 0. The van der Waals surface area contributed by atoms with Crippen molar-refractivity contribution in [1.29, 1.82) is 0 Å². The standard InChI is InChI=1S/C20H19F5N2O4S2/c21-11-10(12(22)14(24)15(25)13(11)23)16(28)26-19(3-1-2-4-19)18(31)27-8-20(32-5-6-33-20)7-9(27)17(29)30/h9H,1-8H2,(H,26,28)(H,29,30)/t9-/m0/s1. The molecule has 2 N–H and O–H groups in total. The van der Waals surface area contributed by atoms with Crippen LogP contribution in [0.5, 0.6) is 0 Å². The van der Waals surface area contributed by atoms with Crippen molar-refractivity contribution in [2.45, 2.75) is 47.8 Å². The van der Waals surface area contributed by atoms with Crippen molar-refractivity contribution < 1.29 is 41.4 Å². The fraction of sp³-hybridized carbons (Fsp3) is 0.550. The molecule has 4 rings (SSSR count). The van der Waals surface area contributed by atoms with Gasteiger partial charge in [-0.05, 0) is 12.8 Å². The van der Waals surface area contributed by atoms with Gasteiger partial charge in [0.25, 0.3) is 5.91 Å². The molecule has 2 aliphatic heterocycles. The van der Waals surface area contributed by atoms with Crippen molar-refractivity contribution in [2.75, 3.05) is 18.1 Å². The van der Waals surface area contributed by atoms with Crippen molar-refractivity contribution >= 4 is 41.3 Å². The van der Waals surface area contributed by atoms with Crippen LogP contribution >= 0.6 is 23.5 Å². The molecule has 13 heteroatoms. The number of amides is 2. The maximum atomic E-state index is 14.2. The Balaban J connectivity index is 1.66. The Bertz CT molecular complexity index is 999. The zero-order chi connectivity index (χ0) is 24.1. The van der Waals surface area contributed by atoms with Gasteiger partial charge in [-0.2, -0.15) is 0 Å². The van der Waals surface area contributed by atoms with Crippen LogP contribution < -0.4 is 5.32 Å². The van der Waals surface area contributed by atoms with E-state index in [0.29, 0.717) is 12.8 Å². The number of thioether (sulfide) groups is 2. The minimum Gasteiger partial charge on any atom is -0.480 e. The third-order valence-electron chi connectivity index (χ3n) is 6.31. The predicted octanol–water partition coefficient (Wildman–Crippen LogP) is 3.29. The van der Waals surface area contributed by atoms with Crippen molar-refractivity contribution in [1.82, 2.24) is 10.2 Å². The van der Waals surface area contributed by atoms with Crippen molar-refractivity contribution in [3.05, 3.63) is 34.6 Å². The molecule has 0 unspecified atom stereocenters. The molecule has 1 aromatic carbocycles. The fourth-order valence-electron chi connectivity index (χ4n) is 4.71. The first kappa shape index (κ1) is 24.1. The Hall–Kier alpha value is -2.02. The number of likely N-dealkylation sites (tertiary alicyclic amines) is 1. The third kappa shape index (κ3) is 3.96. The van der Waals surface area contributed by atoms with Gasteiger partial charge in [0.15, 0.2) is 23.3 Å². The highest BCUT2D eigenvalue weighted by atomic mass is 32.2. The quantitative estimate of drug-likeness (QED) is 0.367. The van der Waals surface area contributed by atoms with Gasteiger partial charge in [0.05, 0.1) is 4.08 Å². The second kappa shape index (κ2) is 8.64. The average Bonchev–Trinajstić information content (AvgIpc) is 3.52. The number of nitrogens with one attached hydrogen (secondary N) is 1. The van der Waals surface area contributed by atoms with E-state index in [0.717, 1.165) is 16.4 Å². The van der Waals surface area contributed by atoms with Crippen LogP contribution in [0.4, 0.5) is 22.0 Å². The molecule has 0 aromatic heterocycles. The van der Waals surface area contributed by atoms with Crippen LogP contribution in [0.3, 0.4) is 0 Å². The summed E-state index contributed by atoms with van der Waals surface area (Å²) >= 11 is 3.11. The van der Waals surface area contributed by atoms with E-state index >= 15 is 0 Å². The van der Waals surface area contributed by atoms with Crippen LogP contribution in [-0.2, 0) is 9.59 Å². The minimum atomic E-state index is -2.40. The maximum Gasteiger partial charge on any atom is 0.326 e. The number of carboxylic acids is 1. The normalized spacial score (nSPS) is 23.3. The lowest BCUT2D eigenvalue weighted by atomic mass is 9.94. The monoisotopic (exact) mass is 510 g/mol. The first-order valence-corrected chi connectivity index (χ1v) is 12.1. The number of carboxylic acid groups (broad SMARTS) is 1. The van der Waals surface area contributed by atoms with Crippen molar-refractivity contribution in [3.8, 4) is 0 Å². The van der Waals surface area contributed by atoms with Gasteiger partial charge in [-0.15, -0.1) is 23.5 Å². The van der Waals surface area contributed by atoms with Crippen LogP contribution in [0, 0.1) is 29.1 Å². The molecule has 1 aliphatic carbocycles. The molecule has 1 aromatic rings. The molecule has 1 spiro atoms. The van der Waals surface area contributed by atoms with Crippen LogP contribution in [-0.4, -0.2) is 61.5 Å². The number of hydrogen-bond acceptors (Lipinski definition) is 5. The number of halogens is 5. The first-order valence-electron chi connectivity index (χ1n) is 10.2. The van der Waals surface area contributed by atoms with E-state index in [1.54, 1.807) is 23.5 Å². The minimum absolute atomic E-state index is 0.0447. The number of nitrogens with zero attached hydrogens (tertiary/aromatic N) is 1. The maximum absolute atomic E-state index is 14.2. The molecule has 2 saturated heterocycles. The number of rotatable bonds is 4. The lowest BCUT2D eigenvalue weighted by Crippen LogP contribution is -2.60. The molecule has 0 bridgehead atoms. The van der Waals surface area contributed by atoms with Crippen LogP contribution in [0.15, 0.2) is 0 Å². The van der Waals surface area contributed by atoms with Gasteiger partial charge in [0.2, 0.25) is 11.7 Å². The Kier molecular flexibility index (Phi) is 6.31. The third-order valence-corrected chi connectivity index (χ3v) is 9.73. The number of hydrogen-bond donors (Lipinski definition) is 2. The second-order valence-electron chi connectivity index (χ2n) is 8.29. The highest BCUT2D eigenvalue weighted by Gasteiger charge is 2.56. The summed E-state index contributed by atoms with van der Waals surface area (Å²) in [6.07, 6.45) is 1.18. The molecule has 3 aliphatic rings. The second-order valence-corrected chi connectivity index (χ2v) is 11.5. The van der Waals surface area contributed by atoms with Crippen molar-refractivity contribution in [2.24, 2.45) is 0 Å². The van der Waals surface area contributed by atoms with Gasteiger partial charge < -0.3 is 15.3 Å². The van der Waals surface area contributed by atoms with Gasteiger partial charge in [-0.1, -0.05) is 12.8 Å². The number of benzene rings is 1. The molecule has 0 radical (unpaired) electrons. The molecule has 33 heavy (non-hydrogen) atoms. The smallest absolute Gasteiger partial charge is 0.326 e. The number of aliphatic carboxylic acids is 1. The molecule has 1 saturated carbocycles. The lowest BCUT2D eigenvalue weighted by molar-refractivity contribution is -0.150. The Morgan fingerprint density at radius 3 is 1.94 bits per heavy atom. The highest BCUT2D eigenvalue weighted by molar-refractivity contribution is 8.21. The van der Waals surface area contributed by atoms with Gasteiger partial charge in [0.1, 0.15) is 17.1 Å². The van der Waals surface area contributed by atoms with Crippen LogP contribution in [0.2, 0.25) is 0 Å². The summed E-state index contributed by atoms with van der Waals surface area (Å²) in [6.45, 7) is 0.109. The zero-order valence-corrected chi connectivity index (χ0v) is 18.7. The summed E-state index contributed by atoms with van der Waals surface area (Å²) in [5, 5.41) is 11.9. The molecule has 6 nitrogen and oxygen atoms in total. The summed E-state index contributed by atoms with van der Waals surface area (Å²) in [5.41, 5.74) is -3.38. The van der Waals surface area contributed by atoms with Crippen molar-refractivity contribution in [3.63, 3.8) is 0 Å². The van der Waals surface area contributed by atoms with Gasteiger partial charge >= 0.3 is 5.97 Å². The number of carbonyl (C=O) groups is 3. The Labute approximate surface area is 193 Å². The van der Waals surface area contributed by atoms with Gasteiger partial charge in [-0.3, -0.25) is 9.59 Å². The summed E-state index contributed by atoms with van der Waals surface area (Å²) < 4.78 is 68.4. The topological polar surface area (TPSA) is 86.7 Å². The van der Waals surface area contributed by atoms with E-state index < -0.39 is 68.1 Å². The van der Waals surface area contributed by atoms with Gasteiger partial charge in [-0.25, -0.2) is 26.7 Å². The molecule has 180 valence electrons. The molecule has 1 atom stereocenters. The highest BCUT2D eigenvalue weighted by Crippen LogP contribution is 2.52. The van der Waals surface area contributed by atoms with E-state index in [1.807, 2.05) is 0 Å². The van der Waals surface area contributed by atoms with Crippen LogP contribution in [0.1, 0.15) is 42.5 Å². The van der Waals surface area contributed by atoms with E-state index in [9.17, 15) is 41.4 Å². The first-order chi connectivity index (χ1) is 15.5. The molecular weight excluding hydrogens is 491 g/mol. The Morgan fingerprint density at radius 2 is 1.42 bits per heavy atom. The van der Waals surface area contributed by atoms with E-state index in [-0.39, 0.29) is 25.8 Å². The van der Waals surface area contributed by atoms with E-state index in [2.05, 4.69) is 5.32 Å². The Morgan fingerprint density at radius 1 is 0.909 bits per heavy atom. The zero-order valence-electron chi connectivity index (χ0n) is 17.1. The predicted molar refractivity (Wildman–Crippen MR) is 110 cm³/mol. The van der Waals surface area contributed by atoms with E-state index in [1.165, 1.54) is 0 Å². The lowest BCUT2D eigenvalue weighted by Gasteiger charge is -2.35. The van der Waals surface area contributed by atoms with Crippen LogP contribution in [0.25, 0.3) is 0 Å². The SMILES string of the molecule is O=C(NC1(C(=O)N2CC3(C[C@H]2C(=O)O)SCCS3)CCCC1)c1c(F)c(F)c(F)c(F)c1F. The largest absolute Gasteiger partial charge is 0.480 e. The summed E-state index contributed by atoms with van der Waals surface area (Å²) in [5.74, 6) is -13.5. The van der Waals surface area contributed by atoms with Gasteiger partial charge in [0, 0.05) is 24.5 Å². The molecule has 2 amide bonds. The number of carbonyl (C=O) groups excluding carboxylic acids is 2. The molecule has 3 fully saturated rings. The fourth-order valence-corrected chi connectivity index (χ4v) is 7.97.